The van der Waals surface area contributed by atoms with Crippen molar-refractivity contribution >= 4 is 39.1 Å². The molecule has 3 aromatic heterocycles. The Kier molecular flexibility index (Phi) is 5.35. The Labute approximate surface area is 171 Å². The van der Waals surface area contributed by atoms with E-state index >= 15 is 0 Å². The first-order chi connectivity index (χ1) is 14.2. The molecule has 4 rings (SSSR count). The van der Waals surface area contributed by atoms with E-state index in [9.17, 15) is 9.59 Å². The van der Waals surface area contributed by atoms with Gasteiger partial charge in [0.25, 0.3) is 5.91 Å². The Morgan fingerprint density at radius 3 is 2.76 bits per heavy atom. The first kappa shape index (κ1) is 18.8. The van der Waals surface area contributed by atoms with Crippen LogP contribution in [-0.2, 0) is 11.3 Å². The molecule has 7 nitrogen and oxygen atoms in total. The fourth-order valence-electron chi connectivity index (χ4n) is 3.07. The number of nitrogens with zero attached hydrogens (tertiary/aromatic N) is 3. The molecular weight excluding hydrogens is 388 g/mol. The van der Waals surface area contributed by atoms with Gasteiger partial charge in [0, 0.05) is 23.3 Å². The number of rotatable bonds is 6. The molecule has 1 amide bonds. The minimum Gasteiger partial charge on any atom is -0.461 e. The van der Waals surface area contributed by atoms with Gasteiger partial charge in [0.05, 0.1) is 29.9 Å². The van der Waals surface area contributed by atoms with Crippen LogP contribution in [0.3, 0.4) is 0 Å². The van der Waals surface area contributed by atoms with Gasteiger partial charge in [-0.25, -0.2) is 9.78 Å². The summed E-state index contributed by atoms with van der Waals surface area (Å²) in [7, 11) is 0. The van der Waals surface area contributed by atoms with Crippen LogP contribution in [0.4, 0.5) is 5.00 Å². The molecule has 8 heteroatoms. The number of hydrogen-bond acceptors (Lipinski definition) is 6. The van der Waals surface area contributed by atoms with Gasteiger partial charge in [-0.3, -0.25) is 9.78 Å². The number of fused-ring (bicyclic) bond motifs is 1. The smallest absolute Gasteiger partial charge is 0.360 e. The van der Waals surface area contributed by atoms with Crippen LogP contribution in [0.15, 0.2) is 60.4 Å². The van der Waals surface area contributed by atoms with E-state index in [2.05, 4.69) is 15.3 Å². The number of carbonyl (C=O) groups excluding carboxylic acids is 2. The van der Waals surface area contributed by atoms with Crippen molar-refractivity contribution in [2.24, 2.45) is 0 Å². The molecule has 0 aliphatic rings. The number of esters is 1. The third-order valence-corrected chi connectivity index (χ3v) is 5.10. The number of nitrogens with one attached hydrogen (secondary N) is 1. The normalized spacial score (nSPS) is 10.8. The van der Waals surface area contributed by atoms with Gasteiger partial charge >= 0.3 is 5.97 Å². The third-order valence-electron chi connectivity index (χ3n) is 4.35. The van der Waals surface area contributed by atoms with E-state index in [1.54, 1.807) is 19.3 Å². The molecule has 0 aliphatic heterocycles. The highest BCUT2D eigenvalue weighted by Gasteiger charge is 2.21. The molecule has 0 radical (unpaired) electrons. The first-order valence-electron chi connectivity index (χ1n) is 9.07. The van der Waals surface area contributed by atoms with E-state index in [0.717, 1.165) is 16.6 Å². The zero-order valence-corrected chi connectivity index (χ0v) is 16.5. The summed E-state index contributed by atoms with van der Waals surface area (Å²) in [6.45, 7) is 2.51. The number of para-hydroxylation sites is 1. The Morgan fingerprint density at radius 2 is 1.97 bits per heavy atom. The number of thiazole rings is 1. The van der Waals surface area contributed by atoms with E-state index in [1.807, 2.05) is 47.0 Å². The average molecular weight is 406 g/mol. The standard InChI is InChI=1S/C21H18N4O3S/c1-2-28-21(27)18-20(29-13-23-18)24-19(26)16-12-25(11-14-7-5-6-10-22-14)17-9-4-3-8-15(16)17/h3-10,12-13H,2,11H2,1H3,(H,24,26). The monoisotopic (exact) mass is 406 g/mol. The molecule has 0 saturated carbocycles. The van der Waals surface area contributed by atoms with Crippen molar-refractivity contribution in [1.82, 2.24) is 14.5 Å². The molecule has 1 N–H and O–H groups in total. The quantitative estimate of drug-likeness (QED) is 0.490. The molecule has 29 heavy (non-hydrogen) atoms. The highest BCUT2D eigenvalue weighted by molar-refractivity contribution is 7.14. The van der Waals surface area contributed by atoms with Crippen LogP contribution < -0.4 is 5.32 Å². The minimum absolute atomic E-state index is 0.113. The molecule has 0 atom stereocenters. The summed E-state index contributed by atoms with van der Waals surface area (Å²) >= 11 is 1.18. The van der Waals surface area contributed by atoms with Gasteiger partial charge in [-0.2, -0.15) is 0 Å². The molecule has 0 unspecified atom stereocenters. The average Bonchev–Trinajstić information content (AvgIpc) is 3.34. The largest absolute Gasteiger partial charge is 0.461 e. The summed E-state index contributed by atoms with van der Waals surface area (Å²) in [4.78, 5) is 33.4. The predicted octanol–water partition coefficient (Wildman–Crippen LogP) is 3.97. The van der Waals surface area contributed by atoms with Gasteiger partial charge in [-0.05, 0) is 25.1 Å². The SMILES string of the molecule is CCOC(=O)c1ncsc1NC(=O)c1cn(Cc2ccccn2)c2ccccc12. The number of benzene rings is 1. The van der Waals surface area contributed by atoms with Gasteiger partial charge in [0.1, 0.15) is 5.00 Å². The van der Waals surface area contributed by atoms with Crippen LogP contribution in [0.5, 0.6) is 0 Å². The van der Waals surface area contributed by atoms with Crippen LogP contribution in [0.25, 0.3) is 10.9 Å². The molecule has 3 heterocycles. The molecule has 4 aromatic rings. The molecule has 0 spiro atoms. The van der Waals surface area contributed by atoms with Gasteiger partial charge in [0.15, 0.2) is 5.69 Å². The zero-order chi connectivity index (χ0) is 20.2. The van der Waals surface area contributed by atoms with Crippen LogP contribution >= 0.6 is 11.3 Å². The van der Waals surface area contributed by atoms with E-state index in [0.29, 0.717) is 17.1 Å². The molecular formula is C21H18N4O3S. The number of hydrogen-bond donors (Lipinski definition) is 1. The molecule has 0 saturated heterocycles. The van der Waals surface area contributed by atoms with Gasteiger partial charge in [-0.1, -0.05) is 24.3 Å². The molecule has 1 aromatic carbocycles. The van der Waals surface area contributed by atoms with Crippen molar-refractivity contribution in [3.8, 4) is 0 Å². The topological polar surface area (TPSA) is 86.1 Å². The molecule has 146 valence electrons. The summed E-state index contributed by atoms with van der Waals surface area (Å²) in [5.41, 5.74) is 3.96. The van der Waals surface area contributed by atoms with Crippen molar-refractivity contribution in [1.29, 1.82) is 0 Å². The number of ether oxygens (including phenoxy) is 1. The maximum atomic E-state index is 13.0. The number of anilines is 1. The van der Waals surface area contributed by atoms with Crippen molar-refractivity contribution in [2.75, 3.05) is 11.9 Å². The summed E-state index contributed by atoms with van der Waals surface area (Å²) in [6.07, 6.45) is 3.55. The van der Waals surface area contributed by atoms with Crippen LogP contribution in [0.1, 0.15) is 33.5 Å². The fourth-order valence-corrected chi connectivity index (χ4v) is 3.74. The number of carbonyl (C=O) groups is 2. The molecule has 0 fully saturated rings. The van der Waals surface area contributed by atoms with E-state index in [4.69, 9.17) is 4.74 Å². The lowest BCUT2D eigenvalue weighted by molar-refractivity contribution is 0.0521. The molecule has 0 bridgehead atoms. The van der Waals surface area contributed by atoms with Gasteiger partial charge in [-0.15, -0.1) is 11.3 Å². The fraction of sp³-hybridized carbons (Fsp3) is 0.143. The lowest BCUT2D eigenvalue weighted by Crippen LogP contribution is -2.14. The summed E-state index contributed by atoms with van der Waals surface area (Å²) in [5, 5.41) is 4.00. The van der Waals surface area contributed by atoms with Gasteiger partial charge < -0.3 is 14.6 Å². The van der Waals surface area contributed by atoms with Crippen molar-refractivity contribution in [2.45, 2.75) is 13.5 Å². The Morgan fingerprint density at radius 1 is 1.14 bits per heavy atom. The highest BCUT2D eigenvalue weighted by Crippen LogP contribution is 2.26. The Bertz CT molecular complexity index is 1170. The van der Waals surface area contributed by atoms with Crippen LogP contribution in [-0.4, -0.2) is 33.0 Å². The van der Waals surface area contributed by atoms with Crippen LogP contribution in [0.2, 0.25) is 0 Å². The highest BCUT2D eigenvalue weighted by atomic mass is 32.1. The van der Waals surface area contributed by atoms with E-state index < -0.39 is 5.97 Å². The van der Waals surface area contributed by atoms with Crippen molar-refractivity contribution < 1.29 is 14.3 Å². The second-order valence-electron chi connectivity index (χ2n) is 6.21. The first-order valence-corrected chi connectivity index (χ1v) is 9.95. The van der Waals surface area contributed by atoms with E-state index in [-0.39, 0.29) is 18.2 Å². The summed E-state index contributed by atoms with van der Waals surface area (Å²) in [5.74, 6) is -0.864. The number of pyridine rings is 1. The third kappa shape index (κ3) is 3.88. The van der Waals surface area contributed by atoms with Gasteiger partial charge in [0.2, 0.25) is 0 Å². The van der Waals surface area contributed by atoms with Crippen molar-refractivity contribution in [3.63, 3.8) is 0 Å². The zero-order valence-electron chi connectivity index (χ0n) is 15.7. The van der Waals surface area contributed by atoms with Crippen LogP contribution in [0, 0.1) is 0 Å². The Hall–Kier alpha value is -3.52. The lowest BCUT2D eigenvalue weighted by atomic mass is 10.1. The summed E-state index contributed by atoms with van der Waals surface area (Å²) < 4.78 is 6.99. The summed E-state index contributed by atoms with van der Waals surface area (Å²) in [6, 6.07) is 13.4. The maximum Gasteiger partial charge on any atom is 0.360 e. The maximum absolute atomic E-state index is 13.0. The second kappa shape index (κ2) is 8.24. The number of aromatic nitrogens is 3. The lowest BCUT2D eigenvalue weighted by Gasteiger charge is -2.04. The van der Waals surface area contributed by atoms with E-state index in [1.165, 1.54) is 16.8 Å². The second-order valence-corrected chi connectivity index (χ2v) is 7.07. The predicted molar refractivity (Wildman–Crippen MR) is 111 cm³/mol. The minimum atomic E-state index is -0.554. The Balaban J connectivity index is 1.65. The number of amides is 1. The van der Waals surface area contributed by atoms with Crippen molar-refractivity contribution in [3.05, 3.63) is 77.3 Å². The molecule has 0 aliphatic carbocycles.